The average molecular weight is 486 g/mol. The standard InChI is InChI=1S/C31H19NO3S/c33-31-26-14-2-1-10-20(26)24-15-9-16-25-23-13-5-8-19-29(23)36(34,35)28-18-7-4-12-22(28)21-11-3-6-17-27(21)32(31)30(24)25/h1-19H. The van der Waals surface area contributed by atoms with Crippen LogP contribution in [0.15, 0.2) is 130 Å². The fourth-order valence-electron chi connectivity index (χ4n) is 5.44. The lowest BCUT2D eigenvalue weighted by molar-refractivity contribution is 0.596. The van der Waals surface area contributed by atoms with Crippen LogP contribution in [0.2, 0.25) is 0 Å². The molecule has 2 heterocycles. The van der Waals surface area contributed by atoms with Crippen molar-refractivity contribution in [2.75, 3.05) is 0 Å². The molecule has 36 heavy (non-hydrogen) atoms. The van der Waals surface area contributed by atoms with Gasteiger partial charge in [0.1, 0.15) is 0 Å². The fourth-order valence-corrected chi connectivity index (χ4v) is 7.12. The second kappa shape index (κ2) is 7.51. The SMILES string of the molecule is O=c1c2ccccc2c2cccc3c2n1-c1ccccc1-c1ccccc1S(=O)(=O)c1ccccc1-3. The number of aromatic nitrogens is 1. The lowest BCUT2D eigenvalue weighted by atomic mass is 9.96. The largest absolute Gasteiger partial charge is 0.275 e. The molecule has 0 fully saturated rings. The van der Waals surface area contributed by atoms with Crippen molar-refractivity contribution in [3.05, 3.63) is 126 Å². The molecular weight excluding hydrogens is 466 g/mol. The summed E-state index contributed by atoms with van der Waals surface area (Å²) in [5, 5.41) is 2.34. The highest BCUT2D eigenvalue weighted by molar-refractivity contribution is 7.91. The number of para-hydroxylation sites is 2. The maximum absolute atomic E-state index is 14.2. The van der Waals surface area contributed by atoms with Crippen LogP contribution in [-0.4, -0.2) is 13.0 Å². The smallest absolute Gasteiger partial charge is 0.263 e. The normalized spacial score (nSPS) is 13.6. The van der Waals surface area contributed by atoms with Gasteiger partial charge in [0.05, 0.1) is 21.0 Å². The Kier molecular flexibility index (Phi) is 4.35. The van der Waals surface area contributed by atoms with Gasteiger partial charge in [-0.15, -0.1) is 0 Å². The predicted octanol–water partition coefficient (Wildman–Crippen LogP) is 6.62. The van der Waals surface area contributed by atoms with Gasteiger partial charge in [-0.2, -0.15) is 0 Å². The van der Waals surface area contributed by atoms with Crippen molar-refractivity contribution < 1.29 is 8.42 Å². The number of hydrogen-bond acceptors (Lipinski definition) is 3. The van der Waals surface area contributed by atoms with Crippen molar-refractivity contribution in [2.45, 2.75) is 9.79 Å². The molecule has 0 spiro atoms. The number of sulfone groups is 1. The molecule has 0 bridgehead atoms. The maximum Gasteiger partial charge on any atom is 0.263 e. The van der Waals surface area contributed by atoms with Crippen molar-refractivity contribution in [3.63, 3.8) is 0 Å². The summed E-state index contributed by atoms with van der Waals surface area (Å²) in [6.45, 7) is 0. The molecule has 0 atom stereocenters. The number of hydrogen-bond donors (Lipinski definition) is 0. The first-order valence-corrected chi connectivity index (χ1v) is 13.2. The zero-order chi connectivity index (χ0) is 24.4. The summed E-state index contributed by atoms with van der Waals surface area (Å²) in [6.07, 6.45) is 0. The minimum absolute atomic E-state index is 0.142. The highest BCUT2D eigenvalue weighted by Gasteiger charge is 2.29. The molecular formula is C31H19NO3S. The van der Waals surface area contributed by atoms with Gasteiger partial charge in [-0.3, -0.25) is 9.36 Å². The van der Waals surface area contributed by atoms with Crippen LogP contribution >= 0.6 is 0 Å². The number of nitrogens with zero attached hydrogens (tertiary/aromatic N) is 1. The molecule has 4 nitrogen and oxygen atoms in total. The van der Waals surface area contributed by atoms with E-state index >= 15 is 0 Å². The van der Waals surface area contributed by atoms with Crippen molar-refractivity contribution >= 4 is 31.5 Å². The second-order valence-electron chi connectivity index (χ2n) is 8.90. The number of benzene rings is 5. The number of rotatable bonds is 0. The van der Waals surface area contributed by atoms with E-state index in [0.717, 1.165) is 10.8 Å². The molecule has 7 rings (SSSR count). The summed E-state index contributed by atoms with van der Waals surface area (Å²) in [5.41, 5.74) is 3.71. The van der Waals surface area contributed by atoms with E-state index in [1.165, 1.54) is 0 Å². The Morgan fingerprint density at radius 1 is 0.472 bits per heavy atom. The molecule has 5 heteroatoms. The minimum Gasteiger partial charge on any atom is -0.275 e. The Hall–Kier alpha value is -4.48. The first kappa shape index (κ1) is 20.9. The zero-order valence-electron chi connectivity index (χ0n) is 19.0. The van der Waals surface area contributed by atoms with Crippen LogP contribution < -0.4 is 5.56 Å². The van der Waals surface area contributed by atoms with E-state index < -0.39 is 9.84 Å². The van der Waals surface area contributed by atoms with Gasteiger partial charge < -0.3 is 0 Å². The summed E-state index contributed by atoms with van der Waals surface area (Å²) in [6, 6.07) is 35.0. The lowest BCUT2D eigenvalue weighted by Crippen LogP contribution is -2.21. The van der Waals surface area contributed by atoms with Crippen LogP contribution in [-0.2, 0) is 9.84 Å². The molecule has 172 valence electrons. The zero-order valence-corrected chi connectivity index (χ0v) is 19.9. The van der Waals surface area contributed by atoms with Gasteiger partial charge in [-0.05, 0) is 29.7 Å². The molecule has 1 aliphatic heterocycles. The van der Waals surface area contributed by atoms with E-state index in [0.29, 0.717) is 38.8 Å². The monoisotopic (exact) mass is 485 g/mol. The van der Waals surface area contributed by atoms with Crippen molar-refractivity contribution in [2.24, 2.45) is 0 Å². The summed E-state index contributed by atoms with van der Waals surface area (Å²) < 4.78 is 30.1. The van der Waals surface area contributed by atoms with Crippen LogP contribution in [0.5, 0.6) is 0 Å². The third-order valence-electron chi connectivity index (χ3n) is 6.99. The first-order chi connectivity index (χ1) is 17.6. The quantitative estimate of drug-likeness (QED) is 0.227. The van der Waals surface area contributed by atoms with Crippen LogP contribution in [0.25, 0.3) is 49.6 Å². The number of pyridine rings is 1. The topological polar surface area (TPSA) is 56.1 Å². The summed E-state index contributed by atoms with van der Waals surface area (Å²) in [5.74, 6) is 0. The Balaban J connectivity index is 1.85. The third kappa shape index (κ3) is 2.75. The molecule has 0 saturated carbocycles. The third-order valence-corrected chi connectivity index (χ3v) is 8.86. The van der Waals surface area contributed by atoms with Crippen LogP contribution in [0.3, 0.4) is 0 Å². The van der Waals surface area contributed by atoms with E-state index in [2.05, 4.69) is 0 Å². The Bertz CT molecular complexity index is 2040. The van der Waals surface area contributed by atoms with Gasteiger partial charge in [0, 0.05) is 33.0 Å². The second-order valence-corrected chi connectivity index (χ2v) is 10.8. The van der Waals surface area contributed by atoms with Gasteiger partial charge in [-0.25, -0.2) is 8.42 Å². The summed E-state index contributed by atoms with van der Waals surface area (Å²) in [7, 11) is -3.88. The van der Waals surface area contributed by atoms with Gasteiger partial charge in [-0.1, -0.05) is 91.0 Å². The molecule has 0 amide bonds. The first-order valence-electron chi connectivity index (χ1n) is 11.7. The van der Waals surface area contributed by atoms with Crippen LogP contribution in [0.4, 0.5) is 0 Å². The Morgan fingerprint density at radius 2 is 0.972 bits per heavy atom. The van der Waals surface area contributed by atoms with Crippen LogP contribution in [0.1, 0.15) is 0 Å². The molecule has 5 aromatic carbocycles. The highest BCUT2D eigenvalue weighted by Crippen LogP contribution is 2.42. The van der Waals surface area contributed by atoms with Gasteiger partial charge in [0.15, 0.2) is 0 Å². The van der Waals surface area contributed by atoms with E-state index in [1.807, 2.05) is 91.0 Å². The van der Waals surface area contributed by atoms with Gasteiger partial charge in [0.2, 0.25) is 9.84 Å². The maximum atomic E-state index is 14.2. The fraction of sp³-hybridized carbons (Fsp3) is 0. The lowest BCUT2D eigenvalue weighted by Gasteiger charge is -2.23. The molecule has 1 aromatic heterocycles. The predicted molar refractivity (Wildman–Crippen MR) is 143 cm³/mol. The minimum atomic E-state index is -3.88. The molecule has 6 aromatic rings. The molecule has 0 saturated heterocycles. The van der Waals surface area contributed by atoms with Crippen molar-refractivity contribution in [3.8, 4) is 27.9 Å². The summed E-state index contributed by atoms with van der Waals surface area (Å²) in [4.78, 5) is 14.6. The van der Waals surface area contributed by atoms with Gasteiger partial charge in [0.25, 0.3) is 5.56 Å². The highest BCUT2D eigenvalue weighted by atomic mass is 32.2. The Morgan fingerprint density at radius 3 is 1.69 bits per heavy atom. The number of fused-ring (bicyclic) bond motifs is 8. The molecule has 1 aliphatic rings. The molecule has 0 N–H and O–H groups in total. The molecule has 0 unspecified atom stereocenters. The van der Waals surface area contributed by atoms with E-state index in [4.69, 9.17) is 0 Å². The summed E-state index contributed by atoms with van der Waals surface area (Å²) >= 11 is 0. The van der Waals surface area contributed by atoms with Crippen molar-refractivity contribution in [1.29, 1.82) is 0 Å². The molecule has 0 aliphatic carbocycles. The Labute approximate surface area is 207 Å². The van der Waals surface area contributed by atoms with E-state index in [1.54, 1.807) is 28.8 Å². The van der Waals surface area contributed by atoms with E-state index in [9.17, 15) is 13.2 Å². The molecule has 0 radical (unpaired) electrons. The van der Waals surface area contributed by atoms with E-state index in [-0.39, 0.29) is 15.4 Å². The van der Waals surface area contributed by atoms with Crippen LogP contribution in [0, 0.1) is 0 Å². The van der Waals surface area contributed by atoms with Crippen molar-refractivity contribution in [1.82, 2.24) is 4.57 Å². The average Bonchev–Trinajstić information content (AvgIpc) is 2.93. The van der Waals surface area contributed by atoms with Gasteiger partial charge >= 0.3 is 0 Å².